The van der Waals surface area contributed by atoms with Crippen LogP contribution in [0.5, 0.6) is 5.75 Å². The summed E-state index contributed by atoms with van der Waals surface area (Å²) < 4.78 is 33.0. The summed E-state index contributed by atoms with van der Waals surface area (Å²) in [5.41, 5.74) is 3.21. The molecule has 41 heavy (non-hydrogen) atoms. The second-order valence-corrected chi connectivity index (χ2v) is 10.1. The highest BCUT2D eigenvalue weighted by atomic mass is 19.1. The van der Waals surface area contributed by atoms with Crippen LogP contribution in [0.3, 0.4) is 0 Å². The third kappa shape index (κ3) is 4.93. The van der Waals surface area contributed by atoms with Crippen molar-refractivity contribution in [3.05, 3.63) is 89.1 Å². The summed E-state index contributed by atoms with van der Waals surface area (Å²) in [5.74, 6) is -0.586. The molecule has 4 aromatic rings. The quantitative estimate of drug-likeness (QED) is 0.333. The molecule has 2 atom stereocenters. The van der Waals surface area contributed by atoms with E-state index in [1.807, 2.05) is 24.3 Å². The molecule has 2 aromatic carbocycles. The first kappa shape index (κ1) is 26.6. The molecular weight excluding hydrogens is 529 g/mol. The van der Waals surface area contributed by atoms with Crippen LogP contribution in [0.25, 0.3) is 11.3 Å². The van der Waals surface area contributed by atoms with Gasteiger partial charge in [0.25, 0.3) is 0 Å². The molecular formula is C30H28FN5O5. The van der Waals surface area contributed by atoms with E-state index < -0.39 is 17.2 Å². The lowest BCUT2D eigenvalue weighted by Crippen LogP contribution is -2.46. The number of amides is 1. The lowest BCUT2D eigenvalue weighted by molar-refractivity contribution is -0.127. The van der Waals surface area contributed by atoms with Crippen molar-refractivity contribution in [3.8, 4) is 17.0 Å². The molecule has 2 aliphatic rings. The molecule has 4 heterocycles. The number of ether oxygens (including phenoxy) is 3. The summed E-state index contributed by atoms with van der Waals surface area (Å²) in [7, 11) is 0. The minimum absolute atomic E-state index is 0.0700. The molecule has 10 nitrogen and oxygen atoms in total. The van der Waals surface area contributed by atoms with Crippen LogP contribution < -0.4 is 10.1 Å². The van der Waals surface area contributed by atoms with Crippen molar-refractivity contribution < 1.29 is 28.2 Å². The van der Waals surface area contributed by atoms with E-state index in [-0.39, 0.29) is 25.2 Å². The minimum Gasteiger partial charge on any atom is -0.486 e. The number of fused-ring (bicyclic) bond motifs is 2. The van der Waals surface area contributed by atoms with Gasteiger partial charge in [-0.1, -0.05) is 23.4 Å². The van der Waals surface area contributed by atoms with Gasteiger partial charge < -0.3 is 19.5 Å². The van der Waals surface area contributed by atoms with Gasteiger partial charge in [0.1, 0.15) is 29.3 Å². The smallest absolute Gasteiger partial charge is 0.339 e. The highest BCUT2D eigenvalue weighted by molar-refractivity contribution is 6.06. The first-order valence-corrected chi connectivity index (χ1v) is 13.3. The van der Waals surface area contributed by atoms with Crippen LogP contribution >= 0.6 is 0 Å². The van der Waals surface area contributed by atoms with Crippen molar-refractivity contribution in [2.24, 2.45) is 0 Å². The van der Waals surface area contributed by atoms with Crippen LogP contribution in [0.2, 0.25) is 0 Å². The van der Waals surface area contributed by atoms with Gasteiger partial charge in [-0.2, -0.15) is 0 Å². The van der Waals surface area contributed by atoms with Crippen molar-refractivity contribution in [1.82, 2.24) is 20.0 Å². The van der Waals surface area contributed by atoms with Crippen molar-refractivity contribution in [2.75, 3.05) is 25.1 Å². The number of pyridine rings is 1. The zero-order valence-corrected chi connectivity index (χ0v) is 22.6. The molecule has 2 aromatic heterocycles. The lowest BCUT2D eigenvalue weighted by Gasteiger charge is -2.36. The fourth-order valence-electron chi connectivity index (χ4n) is 5.45. The summed E-state index contributed by atoms with van der Waals surface area (Å²) in [5, 5.41) is 11.5. The monoisotopic (exact) mass is 557 g/mol. The number of halogens is 1. The summed E-state index contributed by atoms with van der Waals surface area (Å²) in [6, 6.07) is 14.9. The Bertz CT molecular complexity index is 1640. The average Bonchev–Trinajstić information content (AvgIpc) is 3.55. The molecule has 6 rings (SSSR count). The number of esters is 1. The van der Waals surface area contributed by atoms with Crippen LogP contribution in [0, 0.1) is 12.7 Å². The summed E-state index contributed by atoms with van der Waals surface area (Å²) in [6.45, 7) is 4.46. The fraction of sp³-hybridized carbons (Fsp3) is 0.300. The maximum atomic E-state index is 14.2. The Balaban J connectivity index is 1.19. The number of nitrogens with one attached hydrogen (secondary N) is 1. The van der Waals surface area contributed by atoms with Gasteiger partial charge in [-0.05, 0) is 62.2 Å². The minimum atomic E-state index is -0.779. The predicted molar refractivity (Wildman–Crippen MR) is 146 cm³/mol. The predicted octanol–water partition coefficient (Wildman–Crippen LogP) is 4.39. The fourth-order valence-corrected chi connectivity index (χ4v) is 5.45. The van der Waals surface area contributed by atoms with Gasteiger partial charge in [0.2, 0.25) is 5.91 Å². The van der Waals surface area contributed by atoms with Gasteiger partial charge in [0.15, 0.2) is 0 Å². The van der Waals surface area contributed by atoms with Crippen molar-refractivity contribution >= 4 is 17.6 Å². The molecule has 1 spiro atoms. The molecule has 0 radical (unpaired) electrons. The van der Waals surface area contributed by atoms with Crippen LogP contribution in [0.4, 0.5) is 10.1 Å². The summed E-state index contributed by atoms with van der Waals surface area (Å²) in [6.07, 6.45) is 2.29. The Hall–Kier alpha value is -4.64. The van der Waals surface area contributed by atoms with E-state index in [1.165, 1.54) is 18.2 Å². The van der Waals surface area contributed by atoms with Crippen molar-refractivity contribution in [2.45, 2.75) is 38.3 Å². The average molecular weight is 558 g/mol. The van der Waals surface area contributed by atoms with E-state index in [1.54, 1.807) is 36.9 Å². The van der Waals surface area contributed by atoms with E-state index in [4.69, 9.17) is 14.2 Å². The van der Waals surface area contributed by atoms with Crippen LogP contribution in [-0.4, -0.2) is 51.7 Å². The Morgan fingerprint density at radius 2 is 2.07 bits per heavy atom. The van der Waals surface area contributed by atoms with E-state index in [2.05, 4.69) is 20.6 Å². The highest BCUT2D eigenvalue weighted by Gasteiger charge is 2.50. The Morgan fingerprint density at radius 1 is 1.22 bits per heavy atom. The Kier molecular flexibility index (Phi) is 6.96. The Morgan fingerprint density at radius 3 is 2.90 bits per heavy atom. The van der Waals surface area contributed by atoms with Gasteiger partial charge in [0, 0.05) is 11.3 Å². The number of anilines is 1. The third-order valence-electron chi connectivity index (χ3n) is 7.47. The van der Waals surface area contributed by atoms with Gasteiger partial charge in [0.05, 0.1) is 49.0 Å². The molecule has 1 saturated heterocycles. The number of nitrogens with zero attached hydrogens (tertiary/aromatic N) is 4. The zero-order valence-electron chi connectivity index (χ0n) is 22.6. The Labute approximate surface area is 235 Å². The first-order chi connectivity index (χ1) is 19.9. The van der Waals surface area contributed by atoms with Crippen molar-refractivity contribution in [3.63, 3.8) is 0 Å². The topological polar surface area (TPSA) is 117 Å². The number of benzene rings is 2. The standard InChI is InChI=1S/C30H28FN5O5/c1-3-40-28(37)22-9-10-25(32-18(22)2)23-12-19(31)8-11-27(23)41-15-20-14-36(35-34-20)21-13-30(17-39-16-21)24-6-4-5-7-26(24)33-29(30)38/h4-12,14,21H,3,13,15-17H2,1-2H3,(H,33,38). The number of carbonyl (C=O) groups is 2. The van der Waals surface area contributed by atoms with Gasteiger partial charge in [-0.15, -0.1) is 5.10 Å². The van der Waals surface area contributed by atoms with E-state index in [0.717, 1.165) is 11.3 Å². The molecule has 0 saturated carbocycles. The molecule has 1 N–H and O–H groups in total. The molecule has 11 heteroatoms. The maximum absolute atomic E-state index is 14.2. The first-order valence-electron chi connectivity index (χ1n) is 13.3. The third-order valence-corrected chi connectivity index (χ3v) is 7.47. The number of hydrogen-bond acceptors (Lipinski definition) is 8. The highest BCUT2D eigenvalue weighted by Crippen LogP contribution is 2.45. The normalized spacial score (nSPS) is 19.6. The number of carbonyl (C=O) groups excluding carboxylic acids is 2. The largest absolute Gasteiger partial charge is 0.486 e. The SMILES string of the molecule is CCOC(=O)c1ccc(-c2cc(F)ccc2OCc2cn(C3COCC4(C3)C(=O)Nc3ccccc34)nn2)nc1C. The van der Waals surface area contributed by atoms with Crippen LogP contribution in [0.1, 0.15) is 46.7 Å². The maximum Gasteiger partial charge on any atom is 0.339 e. The number of aryl methyl sites for hydroxylation is 1. The van der Waals surface area contributed by atoms with E-state index in [9.17, 15) is 14.0 Å². The lowest BCUT2D eigenvalue weighted by atomic mass is 9.76. The number of aromatic nitrogens is 4. The number of rotatable bonds is 7. The summed E-state index contributed by atoms with van der Waals surface area (Å²) in [4.78, 5) is 29.7. The van der Waals surface area contributed by atoms with E-state index in [0.29, 0.717) is 53.6 Å². The summed E-state index contributed by atoms with van der Waals surface area (Å²) >= 11 is 0. The molecule has 2 aliphatic heterocycles. The molecule has 2 unspecified atom stereocenters. The van der Waals surface area contributed by atoms with Gasteiger partial charge in [-0.3, -0.25) is 9.78 Å². The molecule has 1 amide bonds. The molecule has 210 valence electrons. The number of hydrogen-bond donors (Lipinski definition) is 1. The van der Waals surface area contributed by atoms with Crippen LogP contribution in [0.15, 0.2) is 60.8 Å². The van der Waals surface area contributed by atoms with Crippen LogP contribution in [-0.2, 0) is 26.3 Å². The van der Waals surface area contributed by atoms with Crippen molar-refractivity contribution in [1.29, 1.82) is 0 Å². The van der Waals surface area contributed by atoms with Gasteiger partial charge in [-0.25, -0.2) is 13.9 Å². The zero-order chi connectivity index (χ0) is 28.6. The molecule has 0 bridgehead atoms. The second-order valence-electron chi connectivity index (χ2n) is 10.1. The van der Waals surface area contributed by atoms with Gasteiger partial charge >= 0.3 is 5.97 Å². The van der Waals surface area contributed by atoms with E-state index >= 15 is 0 Å². The molecule has 0 aliphatic carbocycles. The molecule has 1 fully saturated rings. The second kappa shape index (κ2) is 10.7. The number of para-hydroxylation sites is 1.